The SMILES string of the molecule is CCOCCCN(CC(C)C(=O)O)C(=O)Cc1cccc(F)c1F. The molecule has 0 aliphatic heterocycles. The lowest BCUT2D eigenvalue weighted by Gasteiger charge is -2.25. The molecule has 0 radical (unpaired) electrons. The fourth-order valence-corrected chi connectivity index (χ4v) is 2.19. The highest BCUT2D eigenvalue weighted by Crippen LogP contribution is 2.14. The molecule has 0 spiro atoms. The molecule has 1 aromatic carbocycles. The van der Waals surface area contributed by atoms with Crippen molar-refractivity contribution in [2.24, 2.45) is 5.92 Å². The summed E-state index contributed by atoms with van der Waals surface area (Å²) in [6.45, 7) is 4.64. The van der Waals surface area contributed by atoms with Gasteiger partial charge in [0.25, 0.3) is 0 Å². The number of benzene rings is 1. The predicted molar refractivity (Wildman–Crippen MR) is 84.6 cm³/mol. The number of nitrogens with zero attached hydrogens (tertiary/aromatic N) is 1. The maximum atomic E-state index is 13.7. The second kappa shape index (κ2) is 9.97. The standard InChI is InChI=1S/C17H23F2NO4/c1-3-24-9-5-8-20(11-12(2)17(22)23)15(21)10-13-6-4-7-14(18)16(13)19/h4,6-7,12H,3,5,8-11H2,1-2H3,(H,22,23). The van der Waals surface area contributed by atoms with Crippen LogP contribution < -0.4 is 0 Å². The van der Waals surface area contributed by atoms with Gasteiger partial charge in [0.2, 0.25) is 5.91 Å². The highest BCUT2D eigenvalue weighted by Gasteiger charge is 2.22. The van der Waals surface area contributed by atoms with E-state index in [0.717, 1.165) is 6.07 Å². The first-order valence-corrected chi connectivity index (χ1v) is 7.88. The molecule has 0 fully saturated rings. The van der Waals surface area contributed by atoms with Gasteiger partial charge in [0, 0.05) is 31.9 Å². The Hall–Kier alpha value is -2.02. The number of carboxylic acids is 1. The summed E-state index contributed by atoms with van der Waals surface area (Å²) in [5, 5.41) is 9.02. The maximum Gasteiger partial charge on any atom is 0.308 e. The molecule has 1 amide bonds. The topological polar surface area (TPSA) is 66.8 Å². The minimum atomic E-state index is -1.05. The molecule has 1 N–H and O–H groups in total. The lowest BCUT2D eigenvalue weighted by molar-refractivity contribution is -0.143. The molecule has 0 bridgehead atoms. The van der Waals surface area contributed by atoms with Crippen LogP contribution in [0.25, 0.3) is 0 Å². The number of hydrogen-bond acceptors (Lipinski definition) is 3. The third-order valence-corrected chi connectivity index (χ3v) is 3.56. The summed E-state index contributed by atoms with van der Waals surface area (Å²) in [5.41, 5.74) is -0.0437. The second-order valence-corrected chi connectivity index (χ2v) is 5.52. The first kappa shape index (κ1) is 20.0. The van der Waals surface area contributed by atoms with Gasteiger partial charge in [-0.25, -0.2) is 8.78 Å². The van der Waals surface area contributed by atoms with Gasteiger partial charge >= 0.3 is 5.97 Å². The summed E-state index contributed by atoms with van der Waals surface area (Å²) in [5.74, 6) is -4.27. The Bertz CT molecular complexity index is 566. The van der Waals surface area contributed by atoms with Crippen molar-refractivity contribution in [3.05, 3.63) is 35.4 Å². The Morgan fingerprint density at radius 1 is 1.33 bits per heavy atom. The molecule has 5 nitrogen and oxygen atoms in total. The molecule has 134 valence electrons. The van der Waals surface area contributed by atoms with Crippen LogP contribution in [0.15, 0.2) is 18.2 Å². The van der Waals surface area contributed by atoms with E-state index in [2.05, 4.69) is 0 Å². The van der Waals surface area contributed by atoms with Crippen LogP contribution in [0.3, 0.4) is 0 Å². The minimum Gasteiger partial charge on any atom is -0.481 e. The van der Waals surface area contributed by atoms with Gasteiger partial charge < -0.3 is 14.7 Å². The van der Waals surface area contributed by atoms with Crippen LogP contribution in [0.5, 0.6) is 0 Å². The van der Waals surface area contributed by atoms with Crippen molar-refractivity contribution >= 4 is 11.9 Å². The number of carbonyl (C=O) groups excluding carboxylic acids is 1. The Labute approximate surface area is 140 Å². The monoisotopic (exact) mass is 343 g/mol. The lowest BCUT2D eigenvalue weighted by atomic mass is 10.1. The van der Waals surface area contributed by atoms with Crippen molar-refractivity contribution in [1.29, 1.82) is 0 Å². The molecular formula is C17H23F2NO4. The average molecular weight is 343 g/mol. The molecule has 0 aromatic heterocycles. The van der Waals surface area contributed by atoms with Gasteiger partial charge in [0.05, 0.1) is 12.3 Å². The molecule has 0 saturated carbocycles. The van der Waals surface area contributed by atoms with E-state index in [1.807, 2.05) is 6.92 Å². The van der Waals surface area contributed by atoms with Gasteiger partial charge in [-0.2, -0.15) is 0 Å². The lowest BCUT2D eigenvalue weighted by Crippen LogP contribution is -2.39. The number of halogens is 2. The van der Waals surface area contributed by atoms with E-state index in [0.29, 0.717) is 26.2 Å². The first-order valence-electron chi connectivity index (χ1n) is 7.88. The fourth-order valence-electron chi connectivity index (χ4n) is 2.19. The molecule has 0 heterocycles. The normalized spacial score (nSPS) is 12.0. The zero-order valence-corrected chi connectivity index (χ0v) is 13.9. The summed E-state index contributed by atoms with van der Waals surface area (Å²) in [4.78, 5) is 24.8. The fraction of sp³-hybridized carbons (Fsp3) is 0.529. The van der Waals surface area contributed by atoms with Crippen molar-refractivity contribution in [3.63, 3.8) is 0 Å². The minimum absolute atomic E-state index is 0.0111. The van der Waals surface area contributed by atoms with Gasteiger partial charge in [0.1, 0.15) is 0 Å². The summed E-state index contributed by atoms with van der Waals surface area (Å²) >= 11 is 0. The largest absolute Gasteiger partial charge is 0.481 e. The van der Waals surface area contributed by atoms with Crippen molar-refractivity contribution in [3.8, 4) is 0 Å². The molecule has 0 aliphatic rings. The number of carboxylic acid groups (broad SMARTS) is 1. The zero-order valence-electron chi connectivity index (χ0n) is 13.9. The maximum absolute atomic E-state index is 13.7. The van der Waals surface area contributed by atoms with E-state index < -0.39 is 29.4 Å². The summed E-state index contributed by atoms with van der Waals surface area (Å²) in [7, 11) is 0. The van der Waals surface area contributed by atoms with E-state index in [1.54, 1.807) is 0 Å². The van der Waals surface area contributed by atoms with Crippen LogP contribution >= 0.6 is 0 Å². The number of ether oxygens (including phenoxy) is 1. The zero-order chi connectivity index (χ0) is 18.1. The molecule has 7 heteroatoms. The third kappa shape index (κ3) is 6.23. The van der Waals surface area contributed by atoms with Gasteiger partial charge in [0.15, 0.2) is 11.6 Å². The molecule has 0 saturated heterocycles. The Kier molecular flexibility index (Phi) is 8.32. The van der Waals surface area contributed by atoms with Crippen LogP contribution in [-0.2, 0) is 20.7 Å². The van der Waals surface area contributed by atoms with E-state index in [9.17, 15) is 18.4 Å². The summed E-state index contributed by atoms with van der Waals surface area (Å²) in [6.07, 6.45) is 0.224. The van der Waals surface area contributed by atoms with Crippen molar-refractivity contribution < 1.29 is 28.2 Å². The third-order valence-electron chi connectivity index (χ3n) is 3.56. The van der Waals surface area contributed by atoms with Gasteiger partial charge in [-0.3, -0.25) is 9.59 Å². The molecule has 1 unspecified atom stereocenters. The number of hydrogen-bond donors (Lipinski definition) is 1. The molecule has 24 heavy (non-hydrogen) atoms. The van der Waals surface area contributed by atoms with Gasteiger partial charge in [-0.1, -0.05) is 19.1 Å². The smallest absolute Gasteiger partial charge is 0.308 e. The Morgan fingerprint density at radius 3 is 2.67 bits per heavy atom. The van der Waals surface area contributed by atoms with Gasteiger partial charge in [-0.15, -0.1) is 0 Å². The van der Waals surface area contributed by atoms with E-state index in [-0.39, 0.29) is 18.5 Å². The van der Waals surface area contributed by atoms with Crippen molar-refractivity contribution in [1.82, 2.24) is 4.90 Å². The van der Waals surface area contributed by atoms with Crippen molar-refractivity contribution in [2.75, 3.05) is 26.3 Å². The molecule has 0 aliphatic carbocycles. The second-order valence-electron chi connectivity index (χ2n) is 5.52. The number of carbonyl (C=O) groups is 2. The molecule has 1 atom stereocenters. The quantitative estimate of drug-likeness (QED) is 0.663. The molecule has 1 rings (SSSR count). The van der Waals surface area contributed by atoms with Crippen LogP contribution in [0.1, 0.15) is 25.8 Å². The number of amides is 1. The first-order chi connectivity index (χ1) is 11.4. The summed E-state index contributed by atoms with van der Waals surface area (Å²) in [6, 6.07) is 3.66. The van der Waals surface area contributed by atoms with E-state index in [1.165, 1.54) is 24.0 Å². The summed E-state index contributed by atoms with van der Waals surface area (Å²) < 4.78 is 32.2. The van der Waals surface area contributed by atoms with Crippen LogP contribution in [0, 0.1) is 17.6 Å². The highest BCUT2D eigenvalue weighted by molar-refractivity contribution is 5.79. The predicted octanol–water partition coefficient (Wildman–Crippen LogP) is 2.48. The highest BCUT2D eigenvalue weighted by atomic mass is 19.2. The average Bonchev–Trinajstić information content (AvgIpc) is 2.54. The Morgan fingerprint density at radius 2 is 2.04 bits per heavy atom. The van der Waals surface area contributed by atoms with Crippen LogP contribution in [-0.4, -0.2) is 48.2 Å². The van der Waals surface area contributed by atoms with Crippen LogP contribution in [0.4, 0.5) is 8.78 Å². The molecular weight excluding hydrogens is 320 g/mol. The van der Waals surface area contributed by atoms with Crippen molar-refractivity contribution in [2.45, 2.75) is 26.7 Å². The number of aliphatic carboxylic acids is 1. The number of rotatable bonds is 10. The van der Waals surface area contributed by atoms with Crippen LogP contribution in [0.2, 0.25) is 0 Å². The van der Waals surface area contributed by atoms with E-state index in [4.69, 9.17) is 9.84 Å². The Balaban J connectivity index is 2.77. The van der Waals surface area contributed by atoms with Gasteiger partial charge in [-0.05, 0) is 19.4 Å². The molecule has 1 aromatic rings. The van der Waals surface area contributed by atoms with E-state index >= 15 is 0 Å².